The number of nitrogens with zero attached hydrogens (tertiary/aromatic N) is 2. The van der Waals surface area contributed by atoms with Crippen molar-refractivity contribution in [2.24, 2.45) is 0 Å². The fraction of sp³-hybridized carbons (Fsp3) is 0.167. The quantitative estimate of drug-likeness (QED) is 0.598. The molecule has 3 rings (SSSR count). The Bertz CT molecular complexity index is 883. The molecule has 0 saturated carbocycles. The van der Waals surface area contributed by atoms with Crippen LogP contribution in [-0.2, 0) is 4.79 Å². The van der Waals surface area contributed by atoms with Crippen molar-refractivity contribution in [3.8, 4) is 17.2 Å². The summed E-state index contributed by atoms with van der Waals surface area (Å²) in [6, 6.07) is 14.3. The van der Waals surface area contributed by atoms with E-state index in [4.69, 9.17) is 20.8 Å². The highest BCUT2D eigenvalue weighted by atomic mass is 35.5. The third-order valence-corrected chi connectivity index (χ3v) is 4.48. The van der Waals surface area contributed by atoms with E-state index in [1.165, 1.54) is 11.8 Å². The van der Waals surface area contributed by atoms with E-state index in [1.54, 1.807) is 31.4 Å². The van der Waals surface area contributed by atoms with Gasteiger partial charge in [-0.25, -0.2) is 0 Å². The molecule has 0 unspecified atom stereocenters. The number of halogens is 1. The van der Waals surface area contributed by atoms with E-state index in [1.807, 2.05) is 24.3 Å². The number of benzene rings is 2. The van der Waals surface area contributed by atoms with Gasteiger partial charge in [0.1, 0.15) is 5.75 Å². The van der Waals surface area contributed by atoms with E-state index in [2.05, 4.69) is 15.5 Å². The standard InChI is InChI=1S/C18H16ClN3O3S/c1-24-15-4-2-3-12(11-15)17-21-22-18(25-17)26-10-9-16(23)20-14-7-5-13(19)6-8-14/h2-8,11H,9-10H2,1H3,(H,20,23). The van der Waals surface area contributed by atoms with Crippen molar-refractivity contribution in [2.45, 2.75) is 11.6 Å². The smallest absolute Gasteiger partial charge is 0.276 e. The van der Waals surface area contributed by atoms with E-state index in [0.717, 1.165) is 5.56 Å². The Morgan fingerprint density at radius 1 is 1.23 bits per heavy atom. The molecule has 0 saturated heterocycles. The Morgan fingerprint density at radius 2 is 2.04 bits per heavy atom. The summed E-state index contributed by atoms with van der Waals surface area (Å²) in [6.07, 6.45) is 0.324. The average molecular weight is 390 g/mol. The lowest BCUT2D eigenvalue weighted by molar-refractivity contribution is -0.115. The molecule has 1 aromatic heterocycles. The average Bonchev–Trinajstić information content (AvgIpc) is 3.13. The van der Waals surface area contributed by atoms with Crippen molar-refractivity contribution in [1.82, 2.24) is 10.2 Å². The molecule has 6 nitrogen and oxygen atoms in total. The number of anilines is 1. The first-order valence-corrected chi connectivity index (χ1v) is 9.16. The third-order valence-electron chi connectivity index (χ3n) is 3.41. The molecule has 1 N–H and O–H groups in total. The number of aromatic nitrogens is 2. The normalized spacial score (nSPS) is 10.5. The molecule has 1 amide bonds. The first kappa shape index (κ1) is 18.3. The van der Waals surface area contributed by atoms with E-state index in [9.17, 15) is 4.79 Å². The highest BCUT2D eigenvalue weighted by Crippen LogP contribution is 2.26. The van der Waals surface area contributed by atoms with Crippen LogP contribution in [0.5, 0.6) is 5.75 Å². The van der Waals surface area contributed by atoms with Crippen molar-refractivity contribution in [3.05, 3.63) is 53.6 Å². The monoisotopic (exact) mass is 389 g/mol. The lowest BCUT2D eigenvalue weighted by Gasteiger charge is -2.04. The van der Waals surface area contributed by atoms with Crippen molar-refractivity contribution >= 4 is 35.0 Å². The van der Waals surface area contributed by atoms with Crippen LogP contribution in [0.4, 0.5) is 5.69 Å². The first-order valence-electron chi connectivity index (χ1n) is 7.80. The summed E-state index contributed by atoms with van der Waals surface area (Å²) in [6.45, 7) is 0. The molecule has 0 radical (unpaired) electrons. The number of methoxy groups -OCH3 is 1. The molecule has 1 heterocycles. The second-order valence-corrected chi connectivity index (χ2v) is 6.74. The maximum Gasteiger partial charge on any atom is 0.276 e. The predicted octanol–water partition coefficient (Wildman–Crippen LogP) is 4.52. The second-order valence-electron chi connectivity index (χ2n) is 5.26. The van der Waals surface area contributed by atoms with E-state index < -0.39 is 0 Å². The Hall–Kier alpha value is -2.51. The Balaban J connectivity index is 1.50. The molecule has 0 aliphatic carbocycles. The number of hydrogen-bond acceptors (Lipinski definition) is 6. The summed E-state index contributed by atoms with van der Waals surface area (Å²) in [5.74, 6) is 1.57. The fourth-order valence-electron chi connectivity index (χ4n) is 2.13. The zero-order valence-corrected chi connectivity index (χ0v) is 15.5. The predicted molar refractivity (Wildman–Crippen MR) is 102 cm³/mol. The number of amides is 1. The summed E-state index contributed by atoms with van der Waals surface area (Å²) < 4.78 is 10.8. The van der Waals surface area contributed by atoms with Crippen LogP contribution in [0.2, 0.25) is 5.02 Å². The molecule has 3 aromatic rings. The Labute approximate surface area is 159 Å². The fourth-order valence-corrected chi connectivity index (χ4v) is 2.95. The van der Waals surface area contributed by atoms with E-state index in [0.29, 0.717) is 39.7 Å². The van der Waals surface area contributed by atoms with Gasteiger partial charge in [-0.05, 0) is 42.5 Å². The topological polar surface area (TPSA) is 77.2 Å². The molecule has 0 aliphatic heterocycles. The van der Waals surface area contributed by atoms with Crippen LogP contribution in [0.3, 0.4) is 0 Å². The number of nitrogens with one attached hydrogen (secondary N) is 1. The van der Waals surface area contributed by atoms with Gasteiger partial charge >= 0.3 is 0 Å². The Kier molecular flexibility index (Phi) is 6.14. The molecule has 134 valence electrons. The summed E-state index contributed by atoms with van der Waals surface area (Å²) >= 11 is 7.15. The van der Waals surface area contributed by atoms with Crippen LogP contribution in [0, 0.1) is 0 Å². The molecule has 8 heteroatoms. The van der Waals surface area contributed by atoms with E-state index >= 15 is 0 Å². The van der Waals surface area contributed by atoms with Crippen molar-refractivity contribution < 1.29 is 13.9 Å². The van der Waals surface area contributed by atoms with Gasteiger partial charge in [0.05, 0.1) is 7.11 Å². The van der Waals surface area contributed by atoms with Crippen molar-refractivity contribution in [1.29, 1.82) is 0 Å². The summed E-state index contributed by atoms with van der Waals surface area (Å²) in [5.41, 5.74) is 1.49. The molecule has 26 heavy (non-hydrogen) atoms. The molecule has 0 atom stereocenters. The van der Waals surface area contributed by atoms with Gasteiger partial charge in [-0.1, -0.05) is 29.4 Å². The van der Waals surface area contributed by atoms with Crippen LogP contribution in [0.1, 0.15) is 6.42 Å². The van der Waals surface area contributed by atoms with Gasteiger partial charge in [-0.15, -0.1) is 10.2 Å². The number of hydrogen-bond donors (Lipinski definition) is 1. The summed E-state index contributed by atoms with van der Waals surface area (Å²) in [7, 11) is 1.60. The number of rotatable bonds is 7. The van der Waals surface area contributed by atoms with Crippen LogP contribution in [0.25, 0.3) is 11.5 Å². The highest BCUT2D eigenvalue weighted by molar-refractivity contribution is 7.99. The van der Waals surface area contributed by atoms with Gasteiger partial charge in [0.25, 0.3) is 5.22 Å². The highest BCUT2D eigenvalue weighted by Gasteiger charge is 2.11. The molecular weight excluding hydrogens is 374 g/mol. The molecule has 0 bridgehead atoms. The SMILES string of the molecule is COc1cccc(-c2nnc(SCCC(=O)Nc3ccc(Cl)cc3)o2)c1. The zero-order valence-electron chi connectivity index (χ0n) is 13.9. The minimum Gasteiger partial charge on any atom is -0.497 e. The number of thioether (sulfide) groups is 1. The van der Waals surface area contributed by atoms with Crippen LogP contribution < -0.4 is 10.1 Å². The molecular formula is C18H16ClN3O3S. The number of carbonyl (C=O) groups is 1. The van der Waals surface area contributed by atoms with Gasteiger partial charge in [0.2, 0.25) is 11.8 Å². The van der Waals surface area contributed by atoms with Gasteiger partial charge in [0.15, 0.2) is 0 Å². The van der Waals surface area contributed by atoms with Crippen molar-refractivity contribution in [2.75, 3.05) is 18.2 Å². The number of ether oxygens (including phenoxy) is 1. The minimum absolute atomic E-state index is 0.0904. The molecule has 0 fully saturated rings. The van der Waals surface area contributed by atoms with Gasteiger partial charge in [-0.2, -0.15) is 0 Å². The lowest BCUT2D eigenvalue weighted by Crippen LogP contribution is -2.11. The van der Waals surface area contributed by atoms with Crippen LogP contribution in [-0.4, -0.2) is 29.0 Å². The number of carbonyl (C=O) groups excluding carboxylic acids is 1. The largest absolute Gasteiger partial charge is 0.497 e. The summed E-state index contributed by atoms with van der Waals surface area (Å²) in [5, 5.41) is 11.9. The third kappa shape index (κ3) is 5.00. The zero-order chi connectivity index (χ0) is 18.4. The second kappa shape index (κ2) is 8.73. The molecule has 0 spiro atoms. The minimum atomic E-state index is -0.0904. The molecule has 2 aromatic carbocycles. The van der Waals surface area contributed by atoms with Gasteiger partial charge in [-0.3, -0.25) is 4.79 Å². The lowest BCUT2D eigenvalue weighted by atomic mass is 10.2. The maximum absolute atomic E-state index is 11.9. The Morgan fingerprint density at radius 3 is 2.81 bits per heavy atom. The van der Waals surface area contributed by atoms with Crippen molar-refractivity contribution in [3.63, 3.8) is 0 Å². The van der Waals surface area contributed by atoms with E-state index in [-0.39, 0.29) is 5.91 Å². The van der Waals surface area contributed by atoms with Crippen LogP contribution in [0.15, 0.2) is 58.2 Å². The van der Waals surface area contributed by atoms with Gasteiger partial charge in [0, 0.05) is 28.4 Å². The first-order chi connectivity index (χ1) is 12.6. The maximum atomic E-state index is 11.9. The molecule has 0 aliphatic rings. The van der Waals surface area contributed by atoms with Crippen LogP contribution >= 0.6 is 23.4 Å². The summed E-state index contributed by atoms with van der Waals surface area (Å²) in [4.78, 5) is 11.9. The van der Waals surface area contributed by atoms with Gasteiger partial charge < -0.3 is 14.5 Å².